The minimum absolute atomic E-state index is 0.0685. The molecule has 0 bridgehead atoms. The van der Waals surface area contributed by atoms with Crippen molar-refractivity contribution in [2.45, 2.75) is 13.0 Å². The van der Waals surface area contributed by atoms with Crippen LogP contribution in [0.15, 0.2) is 51.7 Å². The molecule has 1 aliphatic rings. The van der Waals surface area contributed by atoms with E-state index in [4.69, 9.17) is 18.6 Å². The Balaban J connectivity index is 1.36. The van der Waals surface area contributed by atoms with Crippen LogP contribution in [0.3, 0.4) is 0 Å². The number of fused-ring (bicyclic) bond motifs is 1. The van der Waals surface area contributed by atoms with E-state index in [9.17, 15) is 18.8 Å². The van der Waals surface area contributed by atoms with Crippen LogP contribution in [-0.2, 0) is 16.1 Å². The van der Waals surface area contributed by atoms with Crippen molar-refractivity contribution in [1.82, 2.24) is 9.78 Å². The number of rotatable bonds is 6. The Morgan fingerprint density at radius 1 is 1.06 bits per heavy atom. The number of hydrogen-bond acceptors (Lipinski definition) is 8. The van der Waals surface area contributed by atoms with Crippen molar-refractivity contribution in [2.24, 2.45) is 0 Å². The van der Waals surface area contributed by atoms with Gasteiger partial charge in [-0.25, -0.2) is 9.18 Å². The van der Waals surface area contributed by atoms with Gasteiger partial charge in [-0.05, 0) is 42.5 Å². The third kappa shape index (κ3) is 4.80. The zero-order valence-corrected chi connectivity index (χ0v) is 16.2. The van der Waals surface area contributed by atoms with Gasteiger partial charge in [0.15, 0.2) is 23.9 Å². The number of nitrogens with zero attached hydrogens (tertiary/aromatic N) is 2. The lowest BCUT2D eigenvalue weighted by Crippen LogP contribution is -2.24. The van der Waals surface area contributed by atoms with E-state index in [0.717, 1.165) is 11.1 Å². The second kappa shape index (κ2) is 8.82. The van der Waals surface area contributed by atoms with Crippen LogP contribution in [0.2, 0.25) is 0 Å². The summed E-state index contributed by atoms with van der Waals surface area (Å²) in [7, 11) is 0. The van der Waals surface area contributed by atoms with E-state index in [1.165, 1.54) is 30.3 Å². The molecule has 0 saturated carbocycles. The molecule has 0 fully saturated rings. The molecule has 0 aliphatic carbocycles. The summed E-state index contributed by atoms with van der Waals surface area (Å²) < 4.78 is 34.8. The first-order valence-corrected chi connectivity index (χ1v) is 9.42. The molecule has 0 saturated heterocycles. The number of halogens is 1. The van der Waals surface area contributed by atoms with Gasteiger partial charge in [-0.2, -0.15) is 4.68 Å². The van der Waals surface area contributed by atoms with Gasteiger partial charge in [-0.15, -0.1) is 5.10 Å². The molecule has 0 spiro atoms. The zero-order chi connectivity index (χ0) is 21.8. The quantitative estimate of drug-likeness (QED) is 0.434. The molecule has 0 atom stereocenters. The van der Waals surface area contributed by atoms with E-state index in [1.54, 1.807) is 12.1 Å². The van der Waals surface area contributed by atoms with E-state index in [-0.39, 0.29) is 5.89 Å². The number of carbonyl (C=O) groups excluding carboxylic acids is 2. The fraction of sp³-hybridized carbons (Fsp3) is 0.238. The smallest absolute Gasteiger partial charge is 0.437 e. The third-order valence-corrected chi connectivity index (χ3v) is 4.41. The normalized spacial score (nSPS) is 12.8. The van der Waals surface area contributed by atoms with Gasteiger partial charge in [0, 0.05) is 17.5 Å². The highest BCUT2D eigenvalue weighted by atomic mass is 19.1. The number of ether oxygens (including phenoxy) is 3. The second-order valence-corrected chi connectivity index (χ2v) is 6.63. The maximum absolute atomic E-state index is 13.0. The van der Waals surface area contributed by atoms with Gasteiger partial charge in [-0.3, -0.25) is 9.59 Å². The number of aromatic nitrogens is 2. The largest absolute Gasteiger partial charge is 0.490 e. The SMILES string of the molecule is O=C(Cn1nc(-c2ccc(F)cc2)oc1=O)OCC(=O)c1ccc2c(c1)OCCCO2. The van der Waals surface area contributed by atoms with Gasteiger partial charge >= 0.3 is 11.7 Å². The summed E-state index contributed by atoms with van der Waals surface area (Å²) in [5.74, 6) is -1.68. The van der Waals surface area contributed by atoms with E-state index < -0.39 is 36.5 Å². The highest BCUT2D eigenvalue weighted by Crippen LogP contribution is 2.30. The minimum atomic E-state index is -0.884. The molecular weight excluding hydrogens is 411 g/mol. The van der Waals surface area contributed by atoms with E-state index in [0.29, 0.717) is 35.8 Å². The molecule has 0 radical (unpaired) electrons. The second-order valence-electron chi connectivity index (χ2n) is 6.63. The minimum Gasteiger partial charge on any atom is -0.490 e. The summed E-state index contributed by atoms with van der Waals surface area (Å²) in [4.78, 5) is 36.3. The molecule has 0 amide bonds. The fourth-order valence-electron chi connectivity index (χ4n) is 2.85. The molecule has 2 heterocycles. The average Bonchev–Trinajstić information content (AvgIpc) is 2.98. The summed E-state index contributed by atoms with van der Waals surface area (Å²) in [5.41, 5.74) is 0.671. The number of Topliss-reactive ketones (excluding diaryl/α,β-unsaturated/α-hetero) is 1. The highest BCUT2D eigenvalue weighted by molar-refractivity contribution is 5.98. The van der Waals surface area contributed by atoms with Crippen LogP contribution in [0, 0.1) is 5.82 Å². The predicted molar refractivity (Wildman–Crippen MR) is 103 cm³/mol. The van der Waals surface area contributed by atoms with Crippen LogP contribution < -0.4 is 15.2 Å². The standard InChI is InChI=1S/C21H17FN2O7/c22-15-5-2-13(3-6-15)20-23-24(21(27)31-20)11-19(26)30-12-16(25)14-4-7-17-18(10-14)29-9-1-8-28-17/h2-7,10H,1,8-9,11-12H2. The summed E-state index contributed by atoms with van der Waals surface area (Å²) in [6, 6.07) is 9.87. The van der Waals surface area contributed by atoms with Crippen LogP contribution in [0.4, 0.5) is 4.39 Å². The first-order chi connectivity index (χ1) is 15.0. The molecule has 1 aromatic heterocycles. The Morgan fingerprint density at radius 2 is 1.81 bits per heavy atom. The van der Waals surface area contributed by atoms with Crippen molar-refractivity contribution < 1.29 is 32.6 Å². The molecule has 1 aliphatic heterocycles. The summed E-state index contributed by atoms with van der Waals surface area (Å²) >= 11 is 0. The predicted octanol–water partition coefficient (Wildman–Crippen LogP) is 2.23. The molecule has 2 aromatic carbocycles. The molecule has 0 N–H and O–H groups in total. The van der Waals surface area contributed by atoms with Gasteiger partial charge in [-0.1, -0.05) is 0 Å². The molecular formula is C21H17FN2O7. The molecule has 160 valence electrons. The maximum atomic E-state index is 13.0. The first kappa shape index (κ1) is 20.3. The maximum Gasteiger partial charge on any atom is 0.437 e. The van der Waals surface area contributed by atoms with Crippen LogP contribution in [0.5, 0.6) is 11.5 Å². The molecule has 9 nitrogen and oxygen atoms in total. The third-order valence-electron chi connectivity index (χ3n) is 4.41. The molecule has 10 heteroatoms. The van der Waals surface area contributed by atoms with Gasteiger partial charge in [0.25, 0.3) is 0 Å². The Morgan fingerprint density at radius 3 is 2.58 bits per heavy atom. The first-order valence-electron chi connectivity index (χ1n) is 9.42. The lowest BCUT2D eigenvalue weighted by molar-refractivity contribution is -0.143. The zero-order valence-electron chi connectivity index (χ0n) is 16.2. The number of ketones is 1. The van der Waals surface area contributed by atoms with Crippen molar-refractivity contribution in [3.05, 3.63) is 64.4 Å². The van der Waals surface area contributed by atoms with E-state index >= 15 is 0 Å². The van der Waals surface area contributed by atoms with Crippen LogP contribution in [0.1, 0.15) is 16.8 Å². The average molecular weight is 428 g/mol. The Kier molecular flexibility index (Phi) is 5.78. The molecule has 3 aromatic rings. The molecule has 0 unspecified atom stereocenters. The summed E-state index contributed by atoms with van der Waals surface area (Å²) in [6.07, 6.45) is 0.736. The van der Waals surface area contributed by atoms with Gasteiger partial charge in [0.2, 0.25) is 5.89 Å². The van der Waals surface area contributed by atoms with Crippen molar-refractivity contribution >= 4 is 11.8 Å². The van der Waals surface area contributed by atoms with Crippen molar-refractivity contribution in [3.63, 3.8) is 0 Å². The van der Waals surface area contributed by atoms with Crippen molar-refractivity contribution in [2.75, 3.05) is 19.8 Å². The lowest BCUT2D eigenvalue weighted by Gasteiger charge is -2.09. The van der Waals surface area contributed by atoms with Gasteiger partial charge in [0.1, 0.15) is 12.4 Å². The Bertz CT molecular complexity index is 1170. The number of esters is 1. The number of hydrogen-bond donors (Lipinski definition) is 0. The molecule has 4 rings (SSSR count). The van der Waals surface area contributed by atoms with Crippen molar-refractivity contribution in [3.8, 4) is 23.0 Å². The van der Waals surface area contributed by atoms with E-state index in [2.05, 4.69) is 5.10 Å². The number of carbonyl (C=O) groups is 2. The topological polar surface area (TPSA) is 110 Å². The van der Waals surface area contributed by atoms with Crippen molar-refractivity contribution in [1.29, 1.82) is 0 Å². The highest BCUT2D eigenvalue weighted by Gasteiger charge is 2.18. The summed E-state index contributed by atoms with van der Waals surface area (Å²) in [6.45, 7) is -0.0535. The Hall–Kier alpha value is -3.95. The molecule has 31 heavy (non-hydrogen) atoms. The van der Waals surface area contributed by atoms with Crippen LogP contribution in [-0.4, -0.2) is 41.4 Å². The van der Waals surface area contributed by atoms with Crippen LogP contribution >= 0.6 is 0 Å². The van der Waals surface area contributed by atoms with Crippen LogP contribution in [0.25, 0.3) is 11.5 Å². The Labute approximate surface area is 174 Å². The van der Waals surface area contributed by atoms with E-state index in [1.807, 2.05) is 0 Å². The lowest BCUT2D eigenvalue weighted by atomic mass is 10.1. The monoisotopic (exact) mass is 428 g/mol. The fourth-order valence-corrected chi connectivity index (χ4v) is 2.85. The summed E-state index contributed by atoms with van der Waals surface area (Å²) in [5, 5.41) is 3.89. The number of benzene rings is 2. The van der Waals surface area contributed by atoms with Gasteiger partial charge in [0.05, 0.1) is 13.2 Å². The van der Waals surface area contributed by atoms with Gasteiger partial charge < -0.3 is 18.6 Å².